The molecular formula is C15H26N2O3S. The summed E-state index contributed by atoms with van der Waals surface area (Å²) in [5, 5.41) is 3.31. The van der Waals surface area contributed by atoms with Gasteiger partial charge in [-0.25, -0.2) is 13.1 Å². The van der Waals surface area contributed by atoms with Gasteiger partial charge in [0, 0.05) is 12.1 Å². The molecule has 1 heterocycles. The molecule has 1 aromatic heterocycles. The van der Waals surface area contributed by atoms with Crippen molar-refractivity contribution in [3.05, 3.63) is 17.9 Å². The predicted molar refractivity (Wildman–Crippen MR) is 82.4 cm³/mol. The summed E-state index contributed by atoms with van der Waals surface area (Å²) in [7, 11) is -3.57. The Morgan fingerprint density at radius 2 is 1.95 bits per heavy atom. The molecule has 0 amide bonds. The first-order valence-electron chi connectivity index (χ1n) is 7.80. The molecule has 1 unspecified atom stereocenters. The van der Waals surface area contributed by atoms with E-state index in [1.165, 1.54) is 18.9 Å². The van der Waals surface area contributed by atoms with Crippen LogP contribution in [0.5, 0.6) is 0 Å². The lowest BCUT2D eigenvalue weighted by Gasteiger charge is -2.21. The average Bonchev–Trinajstić information content (AvgIpc) is 3.13. The molecule has 1 fully saturated rings. The van der Waals surface area contributed by atoms with E-state index in [1.54, 1.807) is 6.07 Å². The molecule has 6 heteroatoms. The number of sulfonamides is 1. The van der Waals surface area contributed by atoms with E-state index in [2.05, 4.69) is 23.9 Å². The molecule has 1 saturated carbocycles. The Bertz CT molecular complexity index is 545. The van der Waals surface area contributed by atoms with Gasteiger partial charge in [0.05, 0.1) is 6.54 Å². The van der Waals surface area contributed by atoms with Crippen molar-refractivity contribution in [3.63, 3.8) is 0 Å². The van der Waals surface area contributed by atoms with Gasteiger partial charge < -0.3 is 9.73 Å². The maximum atomic E-state index is 12.3. The molecule has 0 spiro atoms. The largest absolute Gasteiger partial charge is 0.447 e. The first-order chi connectivity index (χ1) is 9.96. The fraction of sp³-hybridized carbons (Fsp3) is 0.733. The van der Waals surface area contributed by atoms with Gasteiger partial charge >= 0.3 is 0 Å². The second-order valence-corrected chi connectivity index (χ2v) is 7.51. The molecule has 2 rings (SSSR count). The van der Waals surface area contributed by atoms with Crippen molar-refractivity contribution in [1.82, 2.24) is 10.0 Å². The summed E-state index contributed by atoms with van der Waals surface area (Å²) in [6.07, 6.45) is 4.30. The molecule has 1 aliphatic carbocycles. The molecule has 1 aromatic rings. The molecule has 1 atom stereocenters. The zero-order valence-corrected chi connectivity index (χ0v) is 13.9. The highest BCUT2D eigenvalue weighted by molar-refractivity contribution is 7.89. The Morgan fingerprint density at radius 1 is 1.29 bits per heavy atom. The maximum absolute atomic E-state index is 12.3. The van der Waals surface area contributed by atoms with Gasteiger partial charge in [0.2, 0.25) is 5.09 Å². The maximum Gasteiger partial charge on any atom is 0.274 e. The van der Waals surface area contributed by atoms with E-state index >= 15 is 0 Å². The summed E-state index contributed by atoms with van der Waals surface area (Å²) in [5.41, 5.74) is 0. The van der Waals surface area contributed by atoms with Crippen molar-refractivity contribution >= 4 is 10.0 Å². The van der Waals surface area contributed by atoms with Crippen LogP contribution in [0.1, 0.15) is 52.2 Å². The highest BCUT2D eigenvalue weighted by atomic mass is 32.2. The van der Waals surface area contributed by atoms with E-state index in [0.29, 0.717) is 24.3 Å². The van der Waals surface area contributed by atoms with Crippen LogP contribution in [0.25, 0.3) is 0 Å². The fourth-order valence-corrected chi connectivity index (χ4v) is 3.79. The highest BCUT2D eigenvalue weighted by Crippen LogP contribution is 2.21. The summed E-state index contributed by atoms with van der Waals surface area (Å²) in [4.78, 5) is 0. The molecule has 21 heavy (non-hydrogen) atoms. The number of rotatable bonds is 9. The Balaban J connectivity index is 1.97. The zero-order chi connectivity index (χ0) is 15.5. The standard InChI is InChI=1S/C15H26N2O3S/c1-4-12(5-2)11(3)17-21(18,19)15-9-8-14(20-15)10-16-13-6-7-13/h8-9,11-13,16-17H,4-7,10H2,1-3H3. The second-order valence-electron chi connectivity index (χ2n) is 5.86. The number of hydrogen-bond donors (Lipinski definition) is 2. The van der Waals surface area contributed by atoms with Crippen molar-refractivity contribution in [3.8, 4) is 0 Å². The van der Waals surface area contributed by atoms with E-state index in [1.807, 2.05) is 6.92 Å². The summed E-state index contributed by atoms with van der Waals surface area (Å²) >= 11 is 0. The van der Waals surface area contributed by atoms with Crippen LogP contribution < -0.4 is 10.0 Å². The molecule has 120 valence electrons. The lowest BCUT2D eigenvalue weighted by Crippen LogP contribution is -2.37. The third-order valence-corrected chi connectivity index (χ3v) is 5.57. The quantitative estimate of drug-likeness (QED) is 0.735. The molecule has 0 aliphatic heterocycles. The lowest BCUT2D eigenvalue weighted by atomic mass is 9.96. The molecule has 0 saturated heterocycles. The smallest absolute Gasteiger partial charge is 0.274 e. The van der Waals surface area contributed by atoms with Crippen LogP contribution in [-0.4, -0.2) is 20.5 Å². The van der Waals surface area contributed by atoms with E-state index < -0.39 is 10.0 Å². The molecule has 2 N–H and O–H groups in total. The van der Waals surface area contributed by atoms with Crippen LogP contribution in [0.2, 0.25) is 0 Å². The third-order valence-electron chi connectivity index (χ3n) is 4.14. The molecule has 5 nitrogen and oxygen atoms in total. The van der Waals surface area contributed by atoms with Gasteiger partial charge in [-0.2, -0.15) is 0 Å². The number of hydrogen-bond acceptors (Lipinski definition) is 4. The van der Waals surface area contributed by atoms with E-state index in [-0.39, 0.29) is 11.1 Å². The third kappa shape index (κ3) is 4.56. The summed E-state index contributed by atoms with van der Waals surface area (Å²) in [6.45, 7) is 6.65. The number of nitrogens with one attached hydrogen (secondary N) is 2. The number of furan rings is 1. The van der Waals surface area contributed by atoms with E-state index in [4.69, 9.17) is 4.42 Å². The Labute approximate surface area is 127 Å². The fourth-order valence-electron chi connectivity index (χ4n) is 2.52. The van der Waals surface area contributed by atoms with Crippen LogP contribution in [0.15, 0.2) is 21.6 Å². The SMILES string of the molecule is CCC(CC)C(C)NS(=O)(=O)c1ccc(CNC2CC2)o1. The van der Waals surface area contributed by atoms with Crippen LogP contribution >= 0.6 is 0 Å². The van der Waals surface area contributed by atoms with Crippen LogP contribution in [0.3, 0.4) is 0 Å². The summed E-state index contributed by atoms with van der Waals surface area (Å²) in [6, 6.07) is 3.74. The van der Waals surface area contributed by atoms with Crippen LogP contribution in [-0.2, 0) is 16.6 Å². The monoisotopic (exact) mass is 314 g/mol. The van der Waals surface area contributed by atoms with Gasteiger partial charge in [0.25, 0.3) is 10.0 Å². The van der Waals surface area contributed by atoms with Crippen molar-refractivity contribution in [2.45, 2.75) is 70.2 Å². The first-order valence-corrected chi connectivity index (χ1v) is 9.29. The highest BCUT2D eigenvalue weighted by Gasteiger charge is 2.25. The Hall–Kier alpha value is -0.850. The minimum absolute atomic E-state index is 0.00732. The predicted octanol–water partition coefficient (Wildman–Crippen LogP) is 2.63. The second kappa shape index (κ2) is 6.94. The van der Waals surface area contributed by atoms with Gasteiger partial charge in [-0.3, -0.25) is 0 Å². The van der Waals surface area contributed by atoms with Gasteiger partial charge in [0.15, 0.2) is 0 Å². The molecule has 0 bridgehead atoms. The van der Waals surface area contributed by atoms with E-state index in [9.17, 15) is 8.42 Å². The van der Waals surface area contributed by atoms with Gasteiger partial charge in [-0.1, -0.05) is 26.7 Å². The molecule has 1 aliphatic rings. The molecular weight excluding hydrogens is 288 g/mol. The van der Waals surface area contributed by atoms with Crippen molar-refractivity contribution in [1.29, 1.82) is 0 Å². The summed E-state index contributed by atoms with van der Waals surface area (Å²) in [5.74, 6) is 1.00. The first kappa shape index (κ1) is 16.5. The minimum Gasteiger partial charge on any atom is -0.447 e. The Kier molecular flexibility index (Phi) is 5.46. The van der Waals surface area contributed by atoms with Crippen LogP contribution in [0, 0.1) is 5.92 Å². The molecule has 0 aromatic carbocycles. The molecule has 0 radical (unpaired) electrons. The minimum atomic E-state index is -3.57. The van der Waals surface area contributed by atoms with Gasteiger partial charge in [-0.05, 0) is 37.8 Å². The average molecular weight is 314 g/mol. The normalized spacial score (nSPS) is 17.3. The van der Waals surface area contributed by atoms with Crippen molar-refractivity contribution in [2.75, 3.05) is 0 Å². The van der Waals surface area contributed by atoms with Crippen molar-refractivity contribution < 1.29 is 12.8 Å². The summed E-state index contributed by atoms with van der Waals surface area (Å²) < 4.78 is 32.8. The Morgan fingerprint density at radius 3 is 2.52 bits per heavy atom. The van der Waals surface area contributed by atoms with Gasteiger partial charge in [0.1, 0.15) is 5.76 Å². The topological polar surface area (TPSA) is 71.3 Å². The van der Waals surface area contributed by atoms with Crippen LogP contribution in [0.4, 0.5) is 0 Å². The van der Waals surface area contributed by atoms with Gasteiger partial charge in [-0.15, -0.1) is 0 Å². The van der Waals surface area contributed by atoms with E-state index in [0.717, 1.165) is 12.8 Å². The van der Waals surface area contributed by atoms with Crippen molar-refractivity contribution in [2.24, 2.45) is 5.92 Å². The zero-order valence-electron chi connectivity index (χ0n) is 13.1. The lowest BCUT2D eigenvalue weighted by molar-refractivity contribution is 0.373.